The Kier molecular flexibility index (Phi) is 4.96. The molecule has 0 radical (unpaired) electrons. The summed E-state index contributed by atoms with van der Waals surface area (Å²) < 4.78 is 25.1. The zero-order chi connectivity index (χ0) is 17.3. The number of anilines is 1. The van der Waals surface area contributed by atoms with Gasteiger partial charge < -0.3 is 5.32 Å². The summed E-state index contributed by atoms with van der Waals surface area (Å²) in [5, 5.41) is 7.32. The molecule has 134 valence electrons. The molecule has 0 saturated carbocycles. The van der Waals surface area contributed by atoms with E-state index in [0.717, 1.165) is 25.2 Å². The molecule has 1 N–H and O–H groups in total. The van der Waals surface area contributed by atoms with Gasteiger partial charge in [-0.15, -0.1) is 0 Å². The molecule has 0 aromatic carbocycles. The Balaban J connectivity index is 1.65. The molecule has 0 aliphatic carbocycles. The number of aromatic nitrogens is 2. The second-order valence-corrected chi connectivity index (χ2v) is 9.43. The first-order chi connectivity index (χ1) is 11.3. The van der Waals surface area contributed by atoms with E-state index in [2.05, 4.69) is 22.2 Å². The maximum atomic E-state index is 12.4. The van der Waals surface area contributed by atoms with Gasteiger partial charge in [-0.3, -0.25) is 9.69 Å². The fourth-order valence-electron chi connectivity index (χ4n) is 3.67. The molecule has 2 atom stereocenters. The fraction of sp³-hybridized carbons (Fsp3) is 0.750. The highest BCUT2D eigenvalue weighted by atomic mass is 32.2. The van der Waals surface area contributed by atoms with Crippen LogP contribution < -0.4 is 5.32 Å². The first kappa shape index (κ1) is 17.4. The van der Waals surface area contributed by atoms with Crippen LogP contribution in [0.25, 0.3) is 0 Å². The van der Waals surface area contributed by atoms with E-state index in [1.165, 1.54) is 6.42 Å². The number of sulfone groups is 1. The Morgan fingerprint density at radius 1 is 1.42 bits per heavy atom. The van der Waals surface area contributed by atoms with Gasteiger partial charge in [-0.1, -0.05) is 6.92 Å². The number of aryl methyl sites for hydroxylation is 1. The lowest BCUT2D eigenvalue weighted by molar-refractivity contribution is -0.117. The highest BCUT2D eigenvalue weighted by molar-refractivity contribution is 7.91. The van der Waals surface area contributed by atoms with Gasteiger partial charge in [0.05, 0.1) is 29.8 Å². The quantitative estimate of drug-likeness (QED) is 0.879. The van der Waals surface area contributed by atoms with Crippen molar-refractivity contribution >= 4 is 21.6 Å². The van der Waals surface area contributed by atoms with Crippen LogP contribution >= 0.6 is 0 Å². The van der Waals surface area contributed by atoms with Crippen molar-refractivity contribution < 1.29 is 13.2 Å². The van der Waals surface area contributed by atoms with Gasteiger partial charge in [-0.2, -0.15) is 5.10 Å². The predicted molar refractivity (Wildman–Crippen MR) is 92.7 cm³/mol. The predicted octanol–water partition coefficient (Wildman–Crippen LogP) is 1.22. The number of carbonyl (C=O) groups excluding carboxylic acids is 1. The Morgan fingerprint density at radius 3 is 2.88 bits per heavy atom. The van der Waals surface area contributed by atoms with Crippen LogP contribution in [0.1, 0.15) is 37.9 Å². The third-order valence-corrected chi connectivity index (χ3v) is 6.54. The molecular formula is C16H26N4O3S. The fourth-order valence-corrected chi connectivity index (χ4v) is 5.36. The summed E-state index contributed by atoms with van der Waals surface area (Å²) in [5.74, 6) is 1.45. The molecular weight excluding hydrogens is 328 g/mol. The number of likely N-dealkylation sites (tertiary alicyclic amines) is 1. The summed E-state index contributed by atoms with van der Waals surface area (Å²) in [5.41, 5.74) is 0.779. The van der Waals surface area contributed by atoms with Crippen molar-refractivity contribution in [3.63, 3.8) is 0 Å². The first-order valence-corrected chi connectivity index (χ1v) is 10.4. The molecule has 0 unspecified atom stereocenters. The summed E-state index contributed by atoms with van der Waals surface area (Å²) >= 11 is 0. The molecule has 3 heterocycles. The van der Waals surface area contributed by atoms with Crippen molar-refractivity contribution in [1.29, 1.82) is 0 Å². The minimum absolute atomic E-state index is 0.0638. The number of piperidine rings is 1. The lowest BCUT2D eigenvalue weighted by Crippen LogP contribution is -2.40. The smallest absolute Gasteiger partial charge is 0.239 e. The number of carbonyl (C=O) groups is 1. The van der Waals surface area contributed by atoms with E-state index >= 15 is 0 Å². The standard InChI is InChI=1S/C16H26N4O3S/c1-12-4-3-6-19(9-12)10-16(21)17-15-8-13(2)18-20(15)14-5-7-24(22,23)11-14/h8,12,14H,3-7,9-11H2,1-2H3,(H,17,21)/t12-,14-/m0/s1. The SMILES string of the molecule is Cc1cc(NC(=O)CN2CCC[C@H](C)C2)n([C@H]2CCS(=O)(=O)C2)n1. The van der Waals surface area contributed by atoms with Gasteiger partial charge >= 0.3 is 0 Å². The van der Waals surface area contributed by atoms with Gasteiger partial charge in [0.1, 0.15) is 5.82 Å². The van der Waals surface area contributed by atoms with Crippen molar-refractivity contribution in [3.8, 4) is 0 Å². The molecule has 2 fully saturated rings. The second kappa shape index (κ2) is 6.84. The molecule has 1 amide bonds. The van der Waals surface area contributed by atoms with Gasteiger partial charge in [0.15, 0.2) is 9.84 Å². The van der Waals surface area contributed by atoms with Crippen molar-refractivity contribution in [2.45, 2.75) is 39.2 Å². The highest BCUT2D eigenvalue weighted by Crippen LogP contribution is 2.27. The topological polar surface area (TPSA) is 84.3 Å². The monoisotopic (exact) mass is 354 g/mol. The third-order valence-electron chi connectivity index (χ3n) is 4.79. The van der Waals surface area contributed by atoms with Crippen LogP contribution in [0.5, 0.6) is 0 Å². The van der Waals surface area contributed by atoms with E-state index in [-0.39, 0.29) is 23.5 Å². The highest BCUT2D eigenvalue weighted by Gasteiger charge is 2.31. The van der Waals surface area contributed by atoms with Crippen molar-refractivity contribution in [2.24, 2.45) is 5.92 Å². The summed E-state index contributed by atoms with van der Waals surface area (Å²) in [6, 6.07) is 1.62. The zero-order valence-electron chi connectivity index (χ0n) is 14.4. The molecule has 2 saturated heterocycles. The van der Waals surface area contributed by atoms with E-state index < -0.39 is 9.84 Å². The minimum Gasteiger partial charge on any atom is -0.310 e. The molecule has 2 aliphatic rings. The normalized spacial score (nSPS) is 27.2. The van der Waals surface area contributed by atoms with Crippen LogP contribution in [-0.4, -0.2) is 60.1 Å². The summed E-state index contributed by atoms with van der Waals surface area (Å²) in [7, 11) is -2.99. The lowest BCUT2D eigenvalue weighted by Gasteiger charge is -2.30. The number of nitrogens with one attached hydrogen (secondary N) is 1. The van der Waals surface area contributed by atoms with Gasteiger partial charge in [-0.25, -0.2) is 13.1 Å². The Morgan fingerprint density at radius 2 is 2.21 bits per heavy atom. The number of amides is 1. The average Bonchev–Trinajstić information content (AvgIpc) is 3.01. The third kappa shape index (κ3) is 4.16. The van der Waals surface area contributed by atoms with Gasteiger partial charge in [0.25, 0.3) is 0 Å². The molecule has 2 aliphatic heterocycles. The summed E-state index contributed by atoms with van der Waals surface area (Å²) in [6.45, 7) is 6.34. The van der Waals surface area contributed by atoms with Crippen molar-refractivity contribution in [2.75, 3.05) is 36.5 Å². The maximum Gasteiger partial charge on any atom is 0.239 e. The maximum absolute atomic E-state index is 12.4. The molecule has 3 rings (SSSR count). The number of hydrogen-bond donors (Lipinski definition) is 1. The van der Waals surface area contributed by atoms with E-state index in [0.29, 0.717) is 24.7 Å². The molecule has 1 aromatic heterocycles. The number of rotatable bonds is 4. The summed E-state index contributed by atoms with van der Waals surface area (Å²) in [6.07, 6.45) is 2.90. The van der Waals surface area contributed by atoms with Gasteiger partial charge in [0.2, 0.25) is 5.91 Å². The van der Waals surface area contributed by atoms with Crippen LogP contribution in [0.4, 0.5) is 5.82 Å². The van der Waals surface area contributed by atoms with Crippen LogP contribution in [0.2, 0.25) is 0 Å². The van der Waals surface area contributed by atoms with Crippen LogP contribution in [-0.2, 0) is 14.6 Å². The minimum atomic E-state index is -2.99. The van der Waals surface area contributed by atoms with Crippen LogP contribution in [0.15, 0.2) is 6.07 Å². The molecule has 24 heavy (non-hydrogen) atoms. The average molecular weight is 354 g/mol. The zero-order valence-corrected chi connectivity index (χ0v) is 15.2. The Hall–Kier alpha value is -1.41. The largest absolute Gasteiger partial charge is 0.310 e. The van der Waals surface area contributed by atoms with Crippen LogP contribution in [0.3, 0.4) is 0 Å². The van der Waals surface area contributed by atoms with E-state index in [1.807, 2.05) is 13.0 Å². The molecule has 1 aromatic rings. The number of nitrogens with zero attached hydrogens (tertiary/aromatic N) is 3. The lowest BCUT2D eigenvalue weighted by atomic mass is 10.0. The van der Waals surface area contributed by atoms with E-state index in [4.69, 9.17) is 0 Å². The Bertz CT molecular complexity index is 713. The van der Waals surface area contributed by atoms with E-state index in [9.17, 15) is 13.2 Å². The van der Waals surface area contributed by atoms with Crippen molar-refractivity contribution in [1.82, 2.24) is 14.7 Å². The molecule has 0 spiro atoms. The number of hydrogen-bond acceptors (Lipinski definition) is 5. The van der Waals surface area contributed by atoms with Crippen LogP contribution in [0, 0.1) is 12.8 Å². The molecule has 0 bridgehead atoms. The first-order valence-electron chi connectivity index (χ1n) is 8.61. The second-order valence-electron chi connectivity index (χ2n) is 7.20. The molecule has 7 nitrogen and oxygen atoms in total. The summed E-state index contributed by atoms with van der Waals surface area (Å²) in [4.78, 5) is 14.6. The van der Waals surface area contributed by atoms with Crippen molar-refractivity contribution in [3.05, 3.63) is 11.8 Å². The Labute approximate surface area is 143 Å². The molecule has 8 heteroatoms. The van der Waals surface area contributed by atoms with Gasteiger partial charge in [0, 0.05) is 12.6 Å². The van der Waals surface area contributed by atoms with Gasteiger partial charge in [-0.05, 0) is 38.6 Å². The van der Waals surface area contributed by atoms with E-state index in [1.54, 1.807) is 4.68 Å².